The van der Waals surface area contributed by atoms with Crippen molar-refractivity contribution in [3.63, 3.8) is 0 Å². The number of nitrogens with one attached hydrogen (secondary N) is 1. The zero-order chi connectivity index (χ0) is 17.3. The van der Waals surface area contributed by atoms with Crippen LogP contribution in [-0.4, -0.2) is 23.4 Å². The average molecular weight is 385 g/mol. The molecule has 24 heavy (non-hydrogen) atoms. The minimum Gasteiger partial charge on any atom is -0.368 e. The van der Waals surface area contributed by atoms with E-state index in [0.29, 0.717) is 0 Å². The predicted octanol–water partition coefficient (Wildman–Crippen LogP) is 4.70. The third kappa shape index (κ3) is 3.39. The van der Waals surface area contributed by atoms with Crippen molar-refractivity contribution in [1.29, 1.82) is 0 Å². The molecule has 0 atom stereocenters. The van der Waals surface area contributed by atoms with Crippen molar-refractivity contribution in [3.8, 4) is 0 Å². The van der Waals surface area contributed by atoms with Crippen LogP contribution in [0, 0.1) is 0 Å². The Labute approximate surface area is 151 Å². The second-order valence-corrected chi connectivity index (χ2v) is 7.65. The van der Waals surface area contributed by atoms with Crippen LogP contribution in [0.4, 0.5) is 5.69 Å². The first kappa shape index (κ1) is 16.8. The van der Waals surface area contributed by atoms with Crippen molar-refractivity contribution in [2.24, 2.45) is 0 Å². The number of benzene rings is 2. The molecular formula is C20H21BrN2O. The van der Waals surface area contributed by atoms with E-state index >= 15 is 0 Å². The molecule has 0 fully saturated rings. The summed E-state index contributed by atoms with van der Waals surface area (Å²) in [6, 6.07) is 15.9. The second-order valence-electron chi connectivity index (χ2n) is 6.73. The van der Waals surface area contributed by atoms with Crippen LogP contribution in [0.25, 0.3) is 5.70 Å². The molecule has 0 radical (unpaired) electrons. The number of likely N-dealkylation sites (N-methyl/N-ethyl adjacent to an activating group) is 1. The summed E-state index contributed by atoms with van der Waals surface area (Å²) >= 11 is 3.40. The van der Waals surface area contributed by atoms with Gasteiger partial charge in [0.15, 0.2) is 0 Å². The van der Waals surface area contributed by atoms with Crippen LogP contribution < -0.4 is 5.32 Å². The summed E-state index contributed by atoms with van der Waals surface area (Å²) in [4.78, 5) is 14.7. The van der Waals surface area contributed by atoms with E-state index in [2.05, 4.69) is 65.2 Å². The third-order valence-corrected chi connectivity index (χ3v) is 5.09. The highest BCUT2D eigenvalue weighted by Crippen LogP contribution is 2.36. The Kier molecular flexibility index (Phi) is 4.50. The third-order valence-electron chi connectivity index (χ3n) is 4.57. The second kappa shape index (κ2) is 6.44. The number of carbonyl (C=O) groups is 1. The molecule has 3 nitrogen and oxygen atoms in total. The van der Waals surface area contributed by atoms with E-state index in [1.807, 2.05) is 30.3 Å². The van der Waals surface area contributed by atoms with E-state index in [1.165, 1.54) is 5.56 Å². The number of halogens is 1. The molecule has 1 aliphatic heterocycles. The summed E-state index contributed by atoms with van der Waals surface area (Å²) in [7, 11) is 2.05. The first-order valence-corrected chi connectivity index (χ1v) is 8.76. The number of hydrogen-bond acceptors (Lipinski definition) is 2. The van der Waals surface area contributed by atoms with Gasteiger partial charge in [0.05, 0.1) is 0 Å². The van der Waals surface area contributed by atoms with E-state index in [0.717, 1.165) is 27.8 Å². The van der Waals surface area contributed by atoms with Crippen LogP contribution in [0.5, 0.6) is 0 Å². The fourth-order valence-corrected chi connectivity index (χ4v) is 3.29. The number of carbonyl (C=O) groups excluding carboxylic acids is 1. The molecule has 0 aromatic heterocycles. The Balaban J connectivity index is 1.92. The largest absolute Gasteiger partial charge is 0.368 e. The lowest BCUT2D eigenvalue weighted by Gasteiger charge is -2.44. The molecule has 0 saturated heterocycles. The molecule has 124 valence electrons. The minimum absolute atomic E-state index is 0.0297. The van der Waals surface area contributed by atoms with Gasteiger partial charge in [-0.15, -0.1) is 0 Å². The van der Waals surface area contributed by atoms with Crippen LogP contribution in [0.2, 0.25) is 0 Å². The van der Waals surface area contributed by atoms with Gasteiger partial charge < -0.3 is 10.2 Å². The van der Waals surface area contributed by atoms with Crippen LogP contribution in [0.3, 0.4) is 0 Å². The summed E-state index contributed by atoms with van der Waals surface area (Å²) in [5.74, 6) is -0.119. The molecule has 0 unspecified atom stereocenters. The Morgan fingerprint density at radius 2 is 1.83 bits per heavy atom. The summed E-state index contributed by atoms with van der Waals surface area (Å²) in [6.45, 7) is 4.40. The number of hydrogen-bond donors (Lipinski definition) is 1. The molecule has 3 rings (SSSR count). The van der Waals surface area contributed by atoms with E-state index in [-0.39, 0.29) is 11.4 Å². The lowest BCUT2D eigenvalue weighted by atomic mass is 9.84. The van der Waals surface area contributed by atoms with Crippen LogP contribution in [0.1, 0.15) is 25.0 Å². The quantitative estimate of drug-likeness (QED) is 0.761. The van der Waals surface area contributed by atoms with Crippen LogP contribution in [-0.2, 0) is 11.2 Å². The first-order valence-electron chi connectivity index (χ1n) is 7.97. The first-order chi connectivity index (χ1) is 11.4. The normalized spacial score (nSPS) is 17.5. The summed E-state index contributed by atoms with van der Waals surface area (Å²) in [5, 5.41) is 2.93. The number of fused-ring (bicyclic) bond motifs is 1. The Morgan fingerprint density at radius 3 is 2.54 bits per heavy atom. The van der Waals surface area contributed by atoms with Crippen molar-refractivity contribution in [2.45, 2.75) is 25.8 Å². The van der Waals surface area contributed by atoms with Crippen molar-refractivity contribution >= 4 is 33.2 Å². The van der Waals surface area contributed by atoms with E-state index < -0.39 is 0 Å². The highest BCUT2D eigenvalue weighted by Gasteiger charge is 2.33. The topological polar surface area (TPSA) is 32.3 Å². The van der Waals surface area contributed by atoms with Gasteiger partial charge in [-0.3, -0.25) is 4.79 Å². The predicted molar refractivity (Wildman–Crippen MR) is 103 cm³/mol. The van der Waals surface area contributed by atoms with Gasteiger partial charge in [0, 0.05) is 40.1 Å². The molecular weight excluding hydrogens is 364 g/mol. The lowest BCUT2D eigenvalue weighted by molar-refractivity contribution is -0.111. The Bertz CT molecular complexity index is 794. The van der Waals surface area contributed by atoms with Gasteiger partial charge in [-0.05, 0) is 50.1 Å². The molecule has 2 aromatic rings. The van der Waals surface area contributed by atoms with Crippen molar-refractivity contribution in [2.75, 3.05) is 12.4 Å². The maximum atomic E-state index is 12.5. The summed E-state index contributed by atoms with van der Waals surface area (Å²) < 4.78 is 0.988. The molecule has 0 spiro atoms. The summed E-state index contributed by atoms with van der Waals surface area (Å²) in [5.41, 5.74) is 4.12. The van der Waals surface area contributed by atoms with Gasteiger partial charge in [-0.2, -0.15) is 0 Å². The number of anilines is 1. The maximum absolute atomic E-state index is 12.5. The van der Waals surface area contributed by atoms with Gasteiger partial charge in [-0.1, -0.05) is 40.2 Å². The molecule has 2 aromatic carbocycles. The van der Waals surface area contributed by atoms with Crippen LogP contribution >= 0.6 is 15.9 Å². The number of amides is 1. The number of nitrogens with zero attached hydrogens (tertiary/aromatic N) is 1. The Hall–Kier alpha value is -2.07. The molecule has 1 aliphatic rings. The highest BCUT2D eigenvalue weighted by molar-refractivity contribution is 9.10. The molecule has 0 aliphatic carbocycles. The maximum Gasteiger partial charge on any atom is 0.250 e. The molecule has 4 heteroatoms. The average Bonchev–Trinajstić information content (AvgIpc) is 2.54. The van der Waals surface area contributed by atoms with E-state index in [4.69, 9.17) is 0 Å². The van der Waals surface area contributed by atoms with E-state index in [1.54, 1.807) is 6.08 Å². The van der Waals surface area contributed by atoms with Crippen LogP contribution in [0.15, 0.2) is 59.1 Å². The molecule has 1 amide bonds. The Morgan fingerprint density at radius 1 is 1.17 bits per heavy atom. The molecule has 1 N–H and O–H groups in total. The number of rotatable bonds is 2. The fourth-order valence-electron chi connectivity index (χ4n) is 3.03. The van der Waals surface area contributed by atoms with Crippen molar-refractivity contribution < 1.29 is 4.79 Å². The standard InChI is InChI=1S/C20H21BrN2O/c1-20(2)13-14-6-4-5-7-17(14)18(23(20)3)12-19(24)22-16-10-8-15(21)9-11-16/h4-12H,13H2,1-3H3,(H,22,24). The van der Waals surface area contributed by atoms with Gasteiger partial charge in [0.2, 0.25) is 5.91 Å². The van der Waals surface area contributed by atoms with Gasteiger partial charge in [0.25, 0.3) is 0 Å². The summed E-state index contributed by atoms with van der Waals surface area (Å²) in [6.07, 6.45) is 2.66. The van der Waals surface area contributed by atoms with Crippen molar-refractivity contribution in [1.82, 2.24) is 4.90 Å². The van der Waals surface area contributed by atoms with Gasteiger partial charge in [-0.25, -0.2) is 0 Å². The lowest BCUT2D eigenvalue weighted by Crippen LogP contribution is -2.45. The van der Waals surface area contributed by atoms with Crippen molar-refractivity contribution in [3.05, 3.63) is 70.2 Å². The fraction of sp³-hybridized carbons (Fsp3) is 0.250. The minimum atomic E-state index is -0.119. The molecule has 0 saturated carbocycles. The smallest absolute Gasteiger partial charge is 0.250 e. The molecule has 1 heterocycles. The zero-order valence-corrected chi connectivity index (χ0v) is 15.7. The highest BCUT2D eigenvalue weighted by atomic mass is 79.9. The monoisotopic (exact) mass is 384 g/mol. The van der Waals surface area contributed by atoms with E-state index in [9.17, 15) is 4.79 Å². The van der Waals surface area contributed by atoms with Gasteiger partial charge >= 0.3 is 0 Å². The zero-order valence-electron chi connectivity index (χ0n) is 14.1. The van der Waals surface area contributed by atoms with Gasteiger partial charge in [0.1, 0.15) is 0 Å². The molecule has 0 bridgehead atoms. The SMILES string of the molecule is CN1C(=CC(=O)Nc2ccc(Br)cc2)c2ccccc2CC1(C)C.